The molecule has 2 N–H and O–H groups in total. The Morgan fingerprint density at radius 3 is 2.62 bits per heavy atom. The van der Waals surface area contributed by atoms with Crippen molar-refractivity contribution in [1.82, 2.24) is 15.2 Å². The Labute approximate surface area is 140 Å². The number of hydrogen-bond acceptors (Lipinski definition) is 4. The number of hydrogen-bond donors (Lipinski definition) is 2. The Morgan fingerprint density at radius 1 is 1.25 bits per heavy atom. The molecule has 6 heteroatoms. The number of aromatic nitrogens is 3. The highest BCUT2D eigenvalue weighted by Crippen LogP contribution is 2.27. The number of amides is 1. The quantitative estimate of drug-likeness (QED) is 0.754. The summed E-state index contributed by atoms with van der Waals surface area (Å²) >= 11 is 0. The first-order valence-electron chi connectivity index (χ1n) is 8.02. The molecular weight excluding hydrogens is 304 g/mol. The largest absolute Gasteiger partial charge is 0.440 e. The number of anilines is 1. The number of H-pyrrole nitrogens is 1. The van der Waals surface area contributed by atoms with E-state index in [4.69, 9.17) is 4.42 Å². The van der Waals surface area contributed by atoms with Crippen molar-refractivity contribution in [3.8, 4) is 0 Å². The fraction of sp³-hybridized carbons (Fsp3) is 0.389. The maximum atomic E-state index is 12.3. The summed E-state index contributed by atoms with van der Waals surface area (Å²) in [6.07, 6.45) is 0. The van der Waals surface area contributed by atoms with Crippen LogP contribution >= 0.6 is 0 Å². The summed E-state index contributed by atoms with van der Waals surface area (Å²) in [6, 6.07) is 7.19. The first-order chi connectivity index (χ1) is 11.2. The maximum Gasteiger partial charge on any atom is 0.276 e. The van der Waals surface area contributed by atoms with Crippen LogP contribution in [0.25, 0.3) is 11.1 Å². The van der Waals surface area contributed by atoms with Crippen LogP contribution in [0.5, 0.6) is 0 Å². The zero-order chi connectivity index (χ0) is 17.5. The molecule has 0 bridgehead atoms. The van der Waals surface area contributed by atoms with Crippen LogP contribution in [0.1, 0.15) is 62.6 Å². The summed E-state index contributed by atoms with van der Waals surface area (Å²) in [5, 5.41) is 9.79. The maximum absolute atomic E-state index is 12.3. The van der Waals surface area contributed by atoms with Gasteiger partial charge in [-0.25, -0.2) is 4.98 Å². The SMILES string of the molecule is CC(C)c1cc(C(=O)Nc2ccc3oc(C(C)(C)C)nc3c2)n[nH]1. The molecular formula is C18H22N4O2. The van der Waals surface area contributed by atoms with Gasteiger partial charge in [-0.05, 0) is 30.2 Å². The van der Waals surface area contributed by atoms with Crippen molar-refractivity contribution in [1.29, 1.82) is 0 Å². The van der Waals surface area contributed by atoms with Crippen molar-refractivity contribution in [3.63, 3.8) is 0 Å². The number of oxazole rings is 1. The Hall–Kier alpha value is -2.63. The van der Waals surface area contributed by atoms with Crippen LogP contribution in [0, 0.1) is 0 Å². The second-order valence-corrected chi connectivity index (χ2v) is 7.27. The summed E-state index contributed by atoms with van der Waals surface area (Å²) in [5.41, 5.74) is 3.24. The number of carbonyl (C=O) groups is 1. The lowest BCUT2D eigenvalue weighted by Crippen LogP contribution is -2.12. The molecule has 2 heterocycles. The average Bonchev–Trinajstić information content (AvgIpc) is 3.13. The van der Waals surface area contributed by atoms with Crippen LogP contribution < -0.4 is 5.32 Å². The first-order valence-corrected chi connectivity index (χ1v) is 8.02. The summed E-state index contributed by atoms with van der Waals surface area (Å²) in [7, 11) is 0. The van der Waals surface area contributed by atoms with Crippen molar-refractivity contribution >= 4 is 22.7 Å². The molecule has 0 radical (unpaired) electrons. The number of rotatable bonds is 3. The molecule has 0 saturated heterocycles. The van der Waals surface area contributed by atoms with Gasteiger partial charge in [-0.3, -0.25) is 9.89 Å². The number of nitrogens with zero attached hydrogens (tertiary/aromatic N) is 2. The molecule has 1 amide bonds. The van der Waals surface area contributed by atoms with E-state index in [1.54, 1.807) is 12.1 Å². The number of aromatic amines is 1. The van der Waals surface area contributed by atoms with E-state index in [-0.39, 0.29) is 11.3 Å². The van der Waals surface area contributed by atoms with Crippen molar-refractivity contribution in [2.45, 2.75) is 46.0 Å². The van der Waals surface area contributed by atoms with E-state index in [2.05, 4.69) is 20.5 Å². The molecule has 24 heavy (non-hydrogen) atoms. The van der Waals surface area contributed by atoms with E-state index in [0.717, 1.165) is 11.2 Å². The first kappa shape index (κ1) is 16.2. The molecule has 0 unspecified atom stereocenters. The van der Waals surface area contributed by atoms with Crippen LogP contribution in [0.3, 0.4) is 0 Å². The Kier molecular flexibility index (Phi) is 3.91. The average molecular weight is 326 g/mol. The van der Waals surface area contributed by atoms with E-state index in [1.165, 1.54) is 0 Å². The van der Waals surface area contributed by atoms with E-state index in [0.29, 0.717) is 28.8 Å². The Bertz CT molecular complexity index is 884. The third-order valence-corrected chi connectivity index (χ3v) is 3.74. The molecule has 0 spiro atoms. The molecule has 2 aromatic heterocycles. The number of benzene rings is 1. The van der Waals surface area contributed by atoms with Crippen LogP contribution in [-0.2, 0) is 5.41 Å². The smallest absolute Gasteiger partial charge is 0.276 e. The van der Waals surface area contributed by atoms with Gasteiger partial charge < -0.3 is 9.73 Å². The highest BCUT2D eigenvalue weighted by molar-refractivity contribution is 6.03. The van der Waals surface area contributed by atoms with E-state index < -0.39 is 0 Å². The zero-order valence-corrected chi connectivity index (χ0v) is 14.6. The van der Waals surface area contributed by atoms with E-state index in [9.17, 15) is 4.79 Å². The highest BCUT2D eigenvalue weighted by Gasteiger charge is 2.21. The fourth-order valence-electron chi connectivity index (χ4n) is 2.27. The summed E-state index contributed by atoms with van der Waals surface area (Å²) in [4.78, 5) is 16.8. The monoisotopic (exact) mass is 326 g/mol. The molecule has 3 aromatic rings. The van der Waals surface area contributed by atoms with E-state index in [1.807, 2.05) is 46.8 Å². The highest BCUT2D eigenvalue weighted by atomic mass is 16.3. The van der Waals surface area contributed by atoms with Crippen molar-refractivity contribution < 1.29 is 9.21 Å². The molecule has 126 valence electrons. The molecule has 0 aliphatic heterocycles. The van der Waals surface area contributed by atoms with Gasteiger partial charge in [0.05, 0.1) is 0 Å². The zero-order valence-electron chi connectivity index (χ0n) is 14.6. The molecule has 0 saturated carbocycles. The van der Waals surface area contributed by atoms with Gasteiger partial charge in [0.2, 0.25) is 5.89 Å². The van der Waals surface area contributed by atoms with E-state index >= 15 is 0 Å². The van der Waals surface area contributed by atoms with Gasteiger partial charge in [0.15, 0.2) is 11.3 Å². The van der Waals surface area contributed by atoms with Gasteiger partial charge in [0.25, 0.3) is 5.91 Å². The normalized spacial score (nSPS) is 12.1. The molecule has 0 atom stereocenters. The number of carbonyl (C=O) groups excluding carboxylic acids is 1. The minimum absolute atomic E-state index is 0.162. The van der Waals surface area contributed by atoms with Gasteiger partial charge in [0, 0.05) is 16.8 Å². The van der Waals surface area contributed by atoms with Gasteiger partial charge in [-0.1, -0.05) is 34.6 Å². The van der Waals surface area contributed by atoms with Crippen LogP contribution in [0.2, 0.25) is 0 Å². The predicted octanol–water partition coefficient (Wildman–Crippen LogP) is 4.22. The number of fused-ring (bicyclic) bond motifs is 1. The molecule has 6 nitrogen and oxygen atoms in total. The van der Waals surface area contributed by atoms with Crippen molar-refractivity contribution in [2.75, 3.05) is 5.32 Å². The van der Waals surface area contributed by atoms with Crippen LogP contribution in [-0.4, -0.2) is 21.1 Å². The lowest BCUT2D eigenvalue weighted by atomic mass is 9.97. The van der Waals surface area contributed by atoms with Crippen molar-refractivity contribution in [3.05, 3.63) is 41.5 Å². The summed E-state index contributed by atoms with van der Waals surface area (Å²) in [5.74, 6) is 0.716. The molecule has 1 aromatic carbocycles. The molecule has 3 rings (SSSR count). The Morgan fingerprint density at radius 2 is 2.00 bits per heavy atom. The topological polar surface area (TPSA) is 83.8 Å². The number of nitrogens with one attached hydrogen (secondary N) is 2. The molecule has 0 aliphatic rings. The molecule has 0 fully saturated rings. The predicted molar refractivity (Wildman–Crippen MR) is 93.3 cm³/mol. The van der Waals surface area contributed by atoms with Gasteiger partial charge in [-0.15, -0.1) is 0 Å². The Balaban J connectivity index is 1.82. The second-order valence-electron chi connectivity index (χ2n) is 7.27. The van der Waals surface area contributed by atoms with Gasteiger partial charge >= 0.3 is 0 Å². The van der Waals surface area contributed by atoms with Gasteiger partial charge in [0.1, 0.15) is 5.52 Å². The minimum Gasteiger partial charge on any atom is -0.440 e. The van der Waals surface area contributed by atoms with Crippen LogP contribution in [0.4, 0.5) is 5.69 Å². The third-order valence-electron chi connectivity index (χ3n) is 3.74. The molecule has 0 aliphatic carbocycles. The van der Waals surface area contributed by atoms with Crippen molar-refractivity contribution in [2.24, 2.45) is 0 Å². The lowest BCUT2D eigenvalue weighted by molar-refractivity contribution is 0.102. The third kappa shape index (κ3) is 3.18. The fourth-order valence-corrected chi connectivity index (χ4v) is 2.27. The standard InChI is InChI=1S/C18H22N4O2/c1-10(2)12-9-14(22-21-12)16(23)19-11-6-7-15-13(8-11)20-17(24-15)18(3,4)5/h6-10H,1-5H3,(H,19,23)(H,21,22). The van der Waals surface area contributed by atoms with Crippen LogP contribution in [0.15, 0.2) is 28.7 Å². The summed E-state index contributed by atoms with van der Waals surface area (Å²) < 4.78 is 5.77. The lowest BCUT2D eigenvalue weighted by Gasteiger charge is -2.11. The second kappa shape index (κ2) is 5.78. The summed E-state index contributed by atoms with van der Waals surface area (Å²) in [6.45, 7) is 10.2. The minimum atomic E-state index is -0.253. The van der Waals surface area contributed by atoms with Gasteiger partial charge in [-0.2, -0.15) is 5.10 Å².